The van der Waals surface area contributed by atoms with Gasteiger partial charge in [-0.15, -0.1) is 0 Å². The molecule has 6 heteroatoms. The maximum absolute atomic E-state index is 12.8. The molecule has 0 unspecified atom stereocenters. The van der Waals surface area contributed by atoms with Crippen LogP contribution in [0.2, 0.25) is 0 Å². The van der Waals surface area contributed by atoms with Crippen molar-refractivity contribution < 1.29 is 13.2 Å². The van der Waals surface area contributed by atoms with E-state index in [1.807, 2.05) is 35.2 Å². The van der Waals surface area contributed by atoms with E-state index in [0.29, 0.717) is 13.0 Å². The normalized spacial score (nSPS) is 28.7. The summed E-state index contributed by atoms with van der Waals surface area (Å²) in [5, 5.41) is 0. The van der Waals surface area contributed by atoms with Crippen LogP contribution in [0.3, 0.4) is 0 Å². The zero-order valence-corrected chi connectivity index (χ0v) is 13.6. The van der Waals surface area contributed by atoms with Crippen molar-refractivity contribution in [2.24, 2.45) is 5.92 Å². The van der Waals surface area contributed by atoms with Crippen molar-refractivity contribution in [2.45, 2.75) is 12.5 Å². The van der Waals surface area contributed by atoms with Crippen molar-refractivity contribution >= 4 is 15.7 Å². The first kappa shape index (κ1) is 15.5. The zero-order valence-electron chi connectivity index (χ0n) is 12.8. The van der Waals surface area contributed by atoms with Gasteiger partial charge in [0, 0.05) is 19.6 Å². The van der Waals surface area contributed by atoms with E-state index in [1.165, 1.54) is 0 Å². The average Bonchev–Trinajstić information content (AvgIpc) is 2.87. The third-order valence-electron chi connectivity index (χ3n) is 4.63. The van der Waals surface area contributed by atoms with E-state index in [9.17, 15) is 13.2 Å². The summed E-state index contributed by atoms with van der Waals surface area (Å²) in [7, 11) is -0.977. The summed E-state index contributed by atoms with van der Waals surface area (Å²) in [5.41, 5.74) is 1.11. The molecule has 1 amide bonds. The number of likely N-dealkylation sites (N-methyl/N-ethyl adjacent to an activating group) is 1. The topological polar surface area (TPSA) is 57.7 Å². The molecule has 0 radical (unpaired) electrons. The van der Waals surface area contributed by atoms with Crippen LogP contribution in [0.1, 0.15) is 18.0 Å². The quantitative estimate of drug-likeness (QED) is 0.813. The smallest absolute Gasteiger partial charge is 0.227 e. The molecule has 0 saturated carbocycles. The second-order valence-electron chi connectivity index (χ2n) is 6.32. The van der Waals surface area contributed by atoms with Gasteiger partial charge in [-0.1, -0.05) is 30.3 Å². The molecule has 0 aromatic heterocycles. The average molecular weight is 322 g/mol. The lowest BCUT2D eigenvalue weighted by Gasteiger charge is -2.41. The Hall–Kier alpha value is -1.40. The van der Waals surface area contributed by atoms with Gasteiger partial charge in [-0.25, -0.2) is 8.42 Å². The van der Waals surface area contributed by atoms with Crippen LogP contribution in [-0.4, -0.2) is 62.3 Å². The minimum Gasteiger partial charge on any atom is -0.333 e. The first-order valence-corrected chi connectivity index (χ1v) is 9.53. The largest absolute Gasteiger partial charge is 0.333 e. The third kappa shape index (κ3) is 3.17. The Morgan fingerprint density at radius 2 is 1.91 bits per heavy atom. The number of hydrogen-bond acceptors (Lipinski definition) is 4. The van der Waals surface area contributed by atoms with Crippen molar-refractivity contribution in [3.05, 3.63) is 35.9 Å². The molecular weight excluding hydrogens is 300 g/mol. The van der Waals surface area contributed by atoms with Crippen LogP contribution in [0.4, 0.5) is 0 Å². The van der Waals surface area contributed by atoms with Gasteiger partial charge in [0.25, 0.3) is 0 Å². The molecule has 3 rings (SSSR count). The lowest BCUT2D eigenvalue weighted by molar-refractivity contribution is -0.139. The Balaban J connectivity index is 1.82. The van der Waals surface area contributed by atoms with E-state index < -0.39 is 9.84 Å². The zero-order chi connectivity index (χ0) is 15.7. The van der Waals surface area contributed by atoms with Gasteiger partial charge in [0.05, 0.1) is 23.5 Å². The number of benzene rings is 1. The van der Waals surface area contributed by atoms with E-state index in [0.717, 1.165) is 18.7 Å². The summed E-state index contributed by atoms with van der Waals surface area (Å²) in [6.07, 6.45) is 0.467. The molecule has 5 nitrogen and oxygen atoms in total. The van der Waals surface area contributed by atoms with Crippen LogP contribution < -0.4 is 0 Å². The minimum absolute atomic E-state index is 0.00280. The molecule has 2 atom stereocenters. The molecule has 2 aliphatic rings. The molecule has 1 aromatic carbocycles. The number of amides is 1. The summed E-state index contributed by atoms with van der Waals surface area (Å²) in [6.45, 7) is 2.27. The lowest BCUT2D eigenvalue weighted by Crippen LogP contribution is -2.51. The summed E-state index contributed by atoms with van der Waals surface area (Å²) >= 11 is 0. The van der Waals surface area contributed by atoms with Crippen LogP contribution >= 0.6 is 0 Å². The maximum atomic E-state index is 12.8. The summed E-state index contributed by atoms with van der Waals surface area (Å²) in [5.74, 6) is -0.199. The van der Waals surface area contributed by atoms with Crippen molar-refractivity contribution in [3.8, 4) is 0 Å². The number of nitrogens with zero attached hydrogens (tertiary/aromatic N) is 2. The molecule has 22 heavy (non-hydrogen) atoms. The Morgan fingerprint density at radius 3 is 2.55 bits per heavy atom. The Labute approximate surface area is 131 Å². The standard InChI is InChI=1S/C16H22N2O3S/c1-17-8-9-18(15(11-17)13-5-3-2-4-6-13)16(19)14-7-10-22(20,21)12-14/h2-6,14-15H,7-12H2,1H3/t14-,15+/m1/s1. The fraction of sp³-hybridized carbons (Fsp3) is 0.562. The maximum Gasteiger partial charge on any atom is 0.227 e. The highest BCUT2D eigenvalue weighted by atomic mass is 32.2. The minimum atomic E-state index is -3.03. The number of sulfone groups is 1. The Bertz CT molecular complexity index is 645. The third-order valence-corrected chi connectivity index (χ3v) is 6.40. The number of piperazine rings is 1. The molecule has 2 aliphatic heterocycles. The molecule has 0 aliphatic carbocycles. The van der Waals surface area contributed by atoms with E-state index in [1.54, 1.807) is 0 Å². The first-order chi connectivity index (χ1) is 10.5. The van der Waals surface area contributed by atoms with Crippen LogP contribution in [-0.2, 0) is 14.6 Å². The van der Waals surface area contributed by atoms with Gasteiger partial charge in [-0.3, -0.25) is 4.79 Å². The molecule has 0 spiro atoms. The molecule has 0 bridgehead atoms. The molecule has 2 saturated heterocycles. The van der Waals surface area contributed by atoms with E-state index in [2.05, 4.69) is 11.9 Å². The van der Waals surface area contributed by atoms with Crippen molar-refractivity contribution in [1.29, 1.82) is 0 Å². The highest BCUT2D eigenvalue weighted by Gasteiger charge is 2.39. The predicted octanol–water partition coefficient (Wildman–Crippen LogP) is 0.936. The molecule has 1 aromatic rings. The van der Waals surface area contributed by atoms with E-state index >= 15 is 0 Å². The van der Waals surface area contributed by atoms with Crippen LogP contribution in [0.25, 0.3) is 0 Å². The van der Waals surface area contributed by atoms with Gasteiger partial charge in [0.2, 0.25) is 5.91 Å². The van der Waals surface area contributed by atoms with Gasteiger partial charge < -0.3 is 9.80 Å². The van der Waals surface area contributed by atoms with E-state index in [4.69, 9.17) is 0 Å². The Kier molecular flexibility index (Phi) is 4.23. The summed E-state index contributed by atoms with van der Waals surface area (Å²) in [4.78, 5) is 16.9. The molecule has 2 fully saturated rings. The van der Waals surface area contributed by atoms with Gasteiger partial charge in [0.15, 0.2) is 9.84 Å². The van der Waals surface area contributed by atoms with Crippen molar-refractivity contribution in [1.82, 2.24) is 9.80 Å². The van der Waals surface area contributed by atoms with Gasteiger partial charge >= 0.3 is 0 Å². The highest BCUT2D eigenvalue weighted by Crippen LogP contribution is 2.29. The number of carbonyl (C=O) groups excluding carboxylic acids is 1. The Morgan fingerprint density at radius 1 is 1.18 bits per heavy atom. The van der Waals surface area contributed by atoms with Crippen LogP contribution in [0.5, 0.6) is 0 Å². The van der Waals surface area contributed by atoms with Crippen LogP contribution in [0, 0.1) is 5.92 Å². The monoisotopic (exact) mass is 322 g/mol. The number of rotatable bonds is 2. The molecule has 0 N–H and O–H groups in total. The summed E-state index contributed by atoms with van der Waals surface area (Å²) < 4.78 is 23.3. The van der Waals surface area contributed by atoms with E-state index in [-0.39, 0.29) is 29.4 Å². The fourth-order valence-electron chi connectivity index (χ4n) is 3.37. The summed E-state index contributed by atoms with van der Waals surface area (Å²) in [6, 6.07) is 10.0. The second-order valence-corrected chi connectivity index (χ2v) is 8.55. The lowest BCUT2D eigenvalue weighted by atomic mass is 9.99. The second kappa shape index (κ2) is 6.01. The highest BCUT2D eigenvalue weighted by molar-refractivity contribution is 7.91. The van der Waals surface area contributed by atoms with Gasteiger partial charge in [-0.05, 0) is 19.0 Å². The van der Waals surface area contributed by atoms with Gasteiger partial charge in [-0.2, -0.15) is 0 Å². The van der Waals surface area contributed by atoms with Crippen LogP contribution in [0.15, 0.2) is 30.3 Å². The molecule has 120 valence electrons. The molecule has 2 heterocycles. The first-order valence-electron chi connectivity index (χ1n) is 7.71. The van der Waals surface area contributed by atoms with Crippen molar-refractivity contribution in [3.63, 3.8) is 0 Å². The SMILES string of the molecule is CN1CCN(C(=O)[C@@H]2CCS(=O)(=O)C2)[C@H](c2ccccc2)C1. The van der Waals surface area contributed by atoms with Crippen molar-refractivity contribution in [2.75, 3.05) is 38.2 Å². The predicted molar refractivity (Wildman–Crippen MR) is 85.2 cm³/mol. The fourth-order valence-corrected chi connectivity index (χ4v) is 5.10. The number of hydrogen-bond donors (Lipinski definition) is 0. The number of carbonyl (C=O) groups is 1. The molecular formula is C16H22N2O3S. The van der Waals surface area contributed by atoms with Gasteiger partial charge in [0.1, 0.15) is 0 Å².